The fourth-order valence-corrected chi connectivity index (χ4v) is 5.06. The number of halogens is 3. The van der Waals surface area contributed by atoms with Crippen molar-refractivity contribution in [1.29, 1.82) is 0 Å². The van der Waals surface area contributed by atoms with E-state index in [1.54, 1.807) is 6.92 Å². The zero-order valence-corrected chi connectivity index (χ0v) is 24.0. The second-order valence-corrected chi connectivity index (χ2v) is 10.5. The van der Waals surface area contributed by atoms with Crippen LogP contribution in [0.25, 0.3) is 11.0 Å². The van der Waals surface area contributed by atoms with E-state index in [-0.39, 0.29) is 39.2 Å². The van der Waals surface area contributed by atoms with Gasteiger partial charge in [0.05, 0.1) is 41.8 Å². The van der Waals surface area contributed by atoms with E-state index in [0.717, 1.165) is 6.08 Å². The second kappa shape index (κ2) is 11.5. The Bertz CT molecular complexity index is 1870. The zero-order chi connectivity index (χ0) is 31.2. The number of nitrogens with two attached hydrogens (primary N) is 1. The van der Waals surface area contributed by atoms with Crippen LogP contribution in [-0.4, -0.2) is 61.8 Å². The smallest absolute Gasteiger partial charge is 0.263 e. The highest BCUT2D eigenvalue weighted by Crippen LogP contribution is 2.32. The highest BCUT2D eigenvalue weighted by molar-refractivity contribution is 6.33. The van der Waals surface area contributed by atoms with Gasteiger partial charge in [0.2, 0.25) is 17.7 Å². The van der Waals surface area contributed by atoms with E-state index in [4.69, 9.17) is 22.1 Å². The van der Waals surface area contributed by atoms with Crippen LogP contribution in [0.15, 0.2) is 40.3 Å². The van der Waals surface area contributed by atoms with Gasteiger partial charge in [0.15, 0.2) is 5.76 Å². The van der Waals surface area contributed by atoms with Gasteiger partial charge in [-0.2, -0.15) is 8.78 Å². The maximum Gasteiger partial charge on any atom is 0.263 e. The molecule has 3 aromatic heterocycles. The van der Waals surface area contributed by atoms with Crippen LogP contribution in [0.3, 0.4) is 0 Å². The molecule has 4 heterocycles. The van der Waals surface area contributed by atoms with Gasteiger partial charge >= 0.3 is 0 Å². The first-order valence-electron chi connectivity index (χ1n) is 13.1. The van der Waals surface area contributed by atoms with Gasteiger partial charge < -0.3 is 30.4 Å². The van der Waals surface area contributed by atoms with Crippen LogP contribution in [0.2, 0.25) is 5.02 Å². The van der Waals surface area contributed by atoms with Gasteiger partial charge in [-0.05, 0) is 25.8 Å². The molecule has 224 valence electrons. The maximum atomic E-state index is 14.7. The van der Waals surface area contributed by atoms with Crippen LogP contribution in [0.4, 0.5) is 20.3 Å². The number of aliphatic hydroxyl groups excluding tert-OH is 1. The lowest BCUT2D eigenvalue weighted by atomic mass is 9.97. The molecule has 3 aromatic rings. The van der Waals surface area contributed by atoms with E-state index >= 15 is 0 Å². The Morgan fingerprint density at radius 1 is 1.33 bits per heavy atom. The Labute approximate surface area is 248 Å². The summed E-state index contributed by atoms with van der Waals surface area (Å²) in [6, 6.07) is 1.38. The number of primary amides is 1. The van der Waals surface area contributed by atoms with Gasteiger partial charge in [-0.3, -0.25) is 19.0 Å². The van der Waals surface area contributed by atoms with Gasteiger partial charge in [0.25, 0.3) is 11.5 Å². The number of hydrogen-bond acceptors (Lipinski definition) is 8. The molecule has 1 aliphatic carbocycles. The number of nitrogens with zero attached hydrogens (tertiary/aromatic N) is 5. The van der Waals surface area contributed by atoms with Crippen molar-refractivity contribution in [2.24, 2.45) is 12.8 Å². The minimum Gasteiger partial charge on any atom is -0.504 e. The monoisotopic (exact) mass is 613 g/mol. The maximum absolute atomic E-state index is 14.7. The molecule has 0 aromatic carbocycles. The lowest BCUT2D eigenvalue weighted by molar-refractivity contribution is -0.117. The normalized spacial score (nSPS) is 18.7. The molecule has 2 atom stereocenters. The van der Waals surface area contributed by atoms with Crippen molar-refractivity contribution < 1.29 is 28.2 Å². The summed E-state index contributed by atoms with van der Waals surface area (Å²) in [6.07, 6.45) is 2.56. The fourth-order valence-electron chi connectivity index (χ4n) is 4.91. The third kappa shape index (κ3) is 5.56. The summed E-state index contributed by atoms with van der Waals surface area (Å²) < 4.78 is 37.1. The number of hydrogen-bond donors (Lipinski definition) is 3. The third-order valence-electron chi connectivity index (χ3n) is 7.24. The Morgan fingerprint density at radius 3 is 2.77 bits per heavy atom. The van der Waals surface area contributed by atoms with Crippen molar-refractivity contribution in [3.63, 3.8) is 0 Å². The number of anilines is 2. The highest BCUT2D eigenvalue weighted by atomic mass is 35.5. The van der Waals surface area contributed by atoms with Gasteiger partial charge in [-0.15, -0.1) is 0 Å². The predicted octanol–water partition coefficient (Wildman–Crippen LogP) is 2.35. The number of carbonyl (C=O) groups excluding carboxylic acids is 2. The van der Waals surface area contributed by atoms with Crippen LogP contribution in [-0.2, 0) is 27.9 Å². The summed E-state index contributed by atoms with van der Waals surface area (Å²) in [4.78, 5) is 48.8. The SMILES string of the molecule is Cc1nc2c(c(C3C#CC(F)=C(O)C(C(N)=O)=C3)cn2CC(=O)Nc2cc(N3CCOC[C@@H]3C)nc(F)c2Cl)c(=O)n1C. The Kier molecular flexibility index (Phi) is 7.96. The van der Waals surface area contributed by atoms with Crippen LogP contribution in [0.5, 0.6) is 0 Å². The molecule has 1 fully saturated rings. The number of amides is 2. The van der Waals surface area contributed by atoms with Crippen molar-refractivity contribution in [3.05, 3.63) is 68.2 Å². The average Bonchev–Trinajstić information content (AvgIpc) is 3.22. The lowest BCUT2D eigenvalue weighted by Gasteiger charge is -2.34. The molecule has 4 N–H and O–H groups in total. The summed E-state index contributed by atoms with van der Waals surface area (Å²) in [7, 11) is 1.50. The number of morpholine rings is 1. The van der Waals surface area contributed by atoms with E-state index in [9.17, 15) is 28.3 Å². The van der Waals surface area contributed by atoms with Crippen molar-refractivity contribution in [3.8, 4) is 11.8 Å². The molecule has 0 bridgehead atoms. The average molecular weight is 614 g/mol. The molecule has 0 spiro atoms. The number of allylic oxidation sites excluding steroid dienone is 2. The first-order valence-corrected chi connectivity index (χ1v) is 13.4. The van der Waals surface area contributed by atoms with Crippen LogP contribution in [0.1, 0.15) is 24.2 Å². The molecule has 2 aliphatic rings. The summed E-state index contributed by atoms with van der Waals surface area (Å²) in [5.74, 6) is -0.742. The van der Waals surface area contributed by atoms with Crippen molar-refractivity contribution >= 4 is 46.0 Å². The van der Waals surface area contributed by atoms with Crippen LogP contribution < -0.4 is 21.5 Å². The first kappa shape index (κ1) is 29.7. The van der Waals surface area contributed by atoms with Gasteiger partial charge in [-0.25, -0.2) is 9.97 Å². The molecule has 2 amide bonds. The summed E-state index contributed by atoms with van der Waals surface area (Å²) in [5.41, 5.74) is 4.61. The predicted molar refractivity (Wildman–Crippen MR) is 154 cm³/mol. The zero-order valence-electron chi connectivity index (χ0n) is 23.2. The van der Waals surface area contributed by atoms with E-state index in [0.29, 0.717) is 25.6 Å². The lowest BCUT2D eigenvalue weighted by Crippen LogP contribution is -2.44. The summed E-state index contributed by atoms with van der Waals surface area (Å²) in [5, 5.41) is 12.3. The van der Waals surface area contributed by atoms with Crippen molar-refractivity contribution in [2.45, 2.75) is 32.4 Å². The topological polar surface area (TPSA) is 158 Å². The van der Waals surface area contributed by atoms with Crippen molar-refractivity contribution in [2.75, 3.05) is 30.0 Å². The Hall–Kier alpha value is -4.74. The molecule has 1 unspecified atom stereocenters. The third-order valence-corrected chi connectivity index (χ3v) is 7.60. The number of pyridine rings is 1. The highest BCUT2D eigenvalue weighted by Gasteiger charge is 2.27. The molecule has 15 heteroatoms. The fraction of sp³-hybridized carbons (Fsp3) is 0.321. The Balaban J connectivity index is 1.54. The van der Waals surface area contributed by atoms with Gasteiger partial charge in [0.1, 0.15) is 28.9 Å². The summed E-state index contributed by atoms with van der Waals surface area (Å²) >= 11 is 6.15. The largest absolute Gasteiger partial charge is 0.504 e. The van der Waals surface area contributed by atoms with E-state index in [1.807, 2.05) is 11.8 Å². The molecular weight excluding hydrogens is 588 g/mol. The minimum absolute atomic E-state index is 0.00899. The quantitative estimate of drug-likeness (QED) is 0.282. The van der Waals surface area contributed by atoms with E-state index < -0.39 is 52.9 Å². The number of aromatic nitrogens is 4. The molecule has 1 saturated heterocycles. The molecule has 1 aliphatic heterocycles. The first-order chi connectivity index (χ1) is 20.4. The van der Waals surface area contributed by atoms with Crippen LogP contribution in [0, 0.1) is 24.7 Å². The molecule has 43 heavy (non-hydrogen) atoms. The molecular formula is C28H26ClF2N7O5. The number of aliphatic hydroxyl groups is 1. The number of ether oxygens (including phenoxy) is 1. The number of nitrogens with one attached hydrogen (secondary N) is 1. The number of fused-ring (bicyclic) bond motifs is 1. The molecule has 12 nitrogen and oxygen atoms in total. The number of aryl methyl sites for hydroxylation is 1. The molecule has 5 rings (SSSR count). The molecule has 0 radical (unpaired) electrons. The van der Waals surface area contributed by atoms with E-state index in [1.165, 1.54) is 28.4 Å². The standard InChI is InChI=1S/C28H26ClF2N7O5/c1-13-12-43-7-6-38(13)20-9-19(23(29)25(31)35-20)34-21(39)11-37-10-17(22-27(37)33-14(2)36(3)28(22)42)15-4-5-18(30)24(40)16(8-15)26(32)41/h8-10,13,15,40H,6-7,11-12H2,1-3H3,(H2,32,41)(H,34,35,39)/t13-,15?/m0/s1. The summed E-state index contributed by atoms with van der Waals surface area (Å²) in [6.45, 7) is 4.41. The van der Waals surface area contributed by atoms with Gasteiger partial charge in [0, 0.05) is 31.4 Å². The minimum atomic E-state index is -1.26. The molecule has 0 saturated carbocycles. The second-order valence-electron chi connectivity index (χ2n) is 10.1. The van der Waals surface area contributed by atoms with E-state index in [2.05, 4.69) is 27.1 Å². The number of carbonyl (C=O) groups is 2. The Morgan fingerprint density at radius 2 is 2.07 bits per heavy atom. The van der Waals surface area contributed by atoms with Gasteiger partial charge in [-0.1, -0.05) is 17.5 Å². The van der Waals surface area contributed by atoms with Crippen molar-refractivity contribution in [1.82, 2.24) is 19.1 Å². The number of rotatable bonds is 6. The van der Waals surface area contributed by atoms with Crippen LogP contribution >= 0.6 is 11.6 Å².